The van der Waals surface area contributed by atoms with E-state index in [0.29, 0.717) is 13.0 Å². The molecule has 0 aliphatic carbocycles. The number of nitrogens with zero attached hydrogens (tertiary/aromatic N) is 3. The van der Waals surface area contributed by atoms with E-state index in [1.165, 1.54) is 5.56 Å². The lowest BCUT2D eigenvalue weighted by Crippen LogP contribution is -2.26. The standard InChI is InChI=1S/C17H15N3O2S/c1-10-3-16(23-9-10)12-5-15-14(18-7-12)6-17(21)20(15)8-13-4-11(2)22-19-13/h3-5,7,9H,6,8H2,1-2H3. The molecule has 5 nitrogen and oxygen atoms in total. The third kappa shape index (κ3) is 2.55. The number of anilines is 1. The molecule has 3 aromatic rings. The van der Waals surface area contributed by atoms with Gasteiger partial charge < -0.3 is 9.42 Å². The van der Waals surface area contributed by atoms with Crippen molar-refractivity contribution >= 4 is 22.9 Å². The van der Waals surface area contributed by atoms with Crippen LogP contribution in [0.4, 0.5) is 5.69 Å². The molecular formula is C17H15N3O2S. The summed E-state index contributed by atoms with van der Waals surface area (Å²) in [5.74, 6) is 0.792. The van der Waals surface area contributed by atoms with Gasteiger partial charge in [0.2, 0.25) is 5.91 Å². The molecule has 116 valence electrons. The Balaban J connectivity index is 1.70. The van der Waals surface area contributed by atoms with E-state index in [1.807, 2.05) is 25.3 Å². The quantitative estimate of drug-likeness (QED) is 0.739. The molecule has 0 radical (unpaired) electrons. The van der Waals surface area contributed by atoms with Crippen molar-refractivity contribution < 1.29 is 9.32 Å². The molecule has 0 N–H and O–H groups in total. The molecule has 1 aliphatic rings. The largest absolute Gasteiger partial charge is 0.361 e. The predicted molar refractivity (Wildman–Crippen MR) is 88.4 cm³/mol. The van der Waals surface area contributed by atoms with Gasteiger partial charge in [0.25, 0.3) is 0 Å². The molecule has 0 spiro atoms. The van der Waals surface area contributed by atoms with Crippen molar-refractivity contribution in [3.8, 4) is 10.4 Å². The molecule has 0 bridgehead atoms. The Morgan fingerprint density at radius 1 is 1.30 bits per heavy atom. The van der Waals surface area contributed by atoms with Gasteiger partial charge >= 0.3 is 0 Å². The highest BCUT2D eigenvalue weighted by Gasteiger charge is 2.29. The van der Waals surface area contributed by atoms with Crippen LogP contribution in [0.1, 0.15) is 22.7 Å². The number of aromatic nitrogens is 2. The van der Waals surface area contributed by atoms with Crippen LogP contribution in [0.5, 0.6) is 0 Å². The van der Waals surface area contributed by atoms with Crippen LogP contribution in [0.15, 0.2) is 34.3 Å². The highest BCUT2D eigenvalue weighted by Crippen LogP contribution is 2.34. The van der Waals surface area contributed by atoms with E-state index in [-0.39, 0.29) is 5.91 Å². The molecular weight excluding hydrogens is 310 g/mol. The number of hydrogen-bond donors (Lipinski definition) is 0. The molecule has 0 atom stereocenters. The van der Waals surface area contributed by atoms with Crippen LogP contribution in [0.2, 0.25) is 0 Å². The van der Waals surface area contributed by atoms with Gasteiger partial charge in [-0.3, -0.25) is 9.78 Å². The zero-order valence-electron chi connectivity index (χ0n) is 12.9. The first-order chi connectivity index (χ1) is 11.1. The molecule has 1 amide bonds. The molecule has 23 heavy (non-hydrogen) atoms. The minimum absolute atomic E-state index is 0.0488. The Labute approximate surface area is 137 Å². The first-order valence-corrected chi connectivity index (χ1v) is 8.25. The number of fused-ring (bicyclic) bond motifs is 1. The van der Waals surface area contributed by atoms with Crippen LogP contribution in [0.25, 0.3) is 10.4 Å². The van der Waals surface area contributed by atoms with E-state index < -0.39 is 0 Å². The van der Waals surface area contributed by atoms with Crippen molar-refractivity contribution in [1.82, 2.24) is 10.1 Å². The second-order valence-corrected chi connectivity index (χ2v) is 6.67. The van der Waals surface area contributed by atoms with Gasteiger partial charge in [0, 0.05) is 22.7 Å². The average molecular weight is 325 g/mol. The maximum Gasteiger partial charge on any atom is 0.233 e. The normalized spacial score (nSPS) is 13.7. The molecule has 0 saturated heterocycles. The van der Waals surface area contributed by atoms with Gasteiger partial charge in [-0.05, 0) is 36.9 Å². The molecule has 0 unspecified atom stereocenters. The van der Waals surface area contributed by atoms with Gasteiger partial charge in [0.1, 0.15) is 11.5 Å². The first-order valence-electron chi connectivity index (χ1n) is 7.37. The summed E-state index contributed by atoms with van der Waals surface area (Å²) in [7, 11) is 0. The Bertz CT molecular complexity index is 897. The topological polar surface area (TPSA) is 59.2 Å². The molecule has 0 fully saturated rings. The molecule has 0 aromatic carbocycles. The third-order valence-electron chi connectivity index (χ3n) is 3.87. The van der Waals surface area contributed by atoms with Gasteiger partial charge in [-0.25, -0.2) is 0 Å². The van der Waals surface area contributed by atoms with Crippen LogP contribution in [-0.2, 0) is 17.8 Å². The Hall–Kier alpha value is -2.47. The summed E-state index contributed by atoms with van der Waals surface area (Å²) in [6.07, 6.45) is 2.19. The summed E-state index contributed by atoms with van der Waals surface area (Å²) >= 11 is 1.69. The highest BCUT2D eigenvalue weighted by atomic mass is 32.1. The molecule has 0 saturated carbocycles. The van der Waals surface area contributed by atoms with Crippen molar-refractivity contribution in [3.63, 3.8) is 0 Å². The van der Waals surface area contributed by atoms with Gasteiger partial charge in [0.15, 0.2) is 0 Å². The number of carbonyl (C=O) groups excluding carboxylic acids is 1. The third-order valence-corrected chi connectivity index (χ3v) is 4.97. The lowest BCUT2D eigenvalue weighted by Gasteiger charge is -2.16. The smallest absolute Gasteiger partial charge is 0.233 e. The van der Waals surface area contributed by atoms with Crippen molar-refractivity contribution in [1.29, 1.82) is 0 Å². The number of carbonyl (C=O) groups is 1. The van der Waals surface area contributed by atoms with Gasteiger partial charge in [0.05, 0.1) is 24.3 Å². The van der Waals surface area contributed by atoms with E-state index in [2.05, 4.69) is 28.5 Å². The van der Waals surface area contributed by atoms with Gasteiger partial charge in [-0.2, -0.15) is 0 Å². The van der Waals surface area contributed by atoms with Crippen molar-refractivity contribution in [3.05, 3.63) is 52.5 Å². The van der Waals surface area contributed by atoms with Gasteiger partial charge in [-0.1, -0.05) is 5.16 Å². The number of hydrogen-bond acceptors (Lipinski definition) is 5. The molecule has 4 rings (SSSR count). The second-order valence-electron chi connectivity index (χ2n) is 5.76. The lowest BCUT2D eigenvalue weighted by molar-refractivity contribution is -0.117. The Kier molecular flexibility index (Phi) is 3.27. The van der Waals surface area contributed by atoms with Crippen molar-refractivity contribution in [2.24, 2.45) is 0 Å². The number of pyridine rings is 1. The van der Waals surface area contributed by atoms with Crippen LogP contribution in [0.3, 0.4) is 0 Å². The van der Waals surface area contributed by atoms with Gasteiger partial charge in [-0.15, -0.1) is 11.3 Å². The fraction of sp³-hybridized carbons (Fsp3) is 0.235. The van der Waals surface area contributed by atoms with Crippen LogP contribution < -0.4 is 4.90 Å². The number of aryl methyl sites for hydroxylation is 2. The predicted octanol–water partition coefficient (Wildman–Crippen LogP) is 3.50. The number of amides is 1. The fourth-order valence-electron chi connectivity index (χ4n) is 2.77. The van der Waals surface area contributed by atoms with E-state index in [4.69, 9.17) is 4.52 Å². The second kappa shape index (κ2) is 5.31. The first kappa shape index (κ1) is 14.1. The summed E-state index contributed by atoms with van der Waals surface area (Å²) in [6.45, 7) is 4.33. The van der Waals surface area contributed by atoms with Crippen molar-refractivity contribution in [2.75, 3.05) is 4.90 Å². The van der Waals surface area contributed by atoms with Crippen LogP contribution in [-0.4, -0.2) is 16.0 Å². The Morgan fingerprint density at radius 2 is 2.17 bits per heavy atom. The monoisotopic (exact) mass is 325 g/mol. The molecule has 1 aliphatic heterocycles. The number of thiophene rings is 1. The van der Waals surface area contributed by atoms with Crippen LogP contribution in [0, 0.1) is 13.8 Å². The van der Waals surface area contributed by atoms with Crippen LogP contribution >= 0.6 is 11.3 Å². The Morgan fingerprint density at radius 3 is 2.87 bits per heavy atom. The summed E-state index contributed by atoms with van der Waals surface area (Å²) in [5.41, 5.74) is 4.72. The lowest BCUT2D eigenvalue weighted by atomic mass is 10.2. The van der Waals surface area contributed by atoms with E-state index in [1.54, 1.807) is 16.2 Å². The maximum absolute atomic E-state index is 12.3. The average Bonchev–Trinajstić information content (AvgIpc) is 3.20. The molecule has 6 heteroatoms. The van der Waals surface area contributed by atoms with Crippen molar-refractivity contribution in [2.45, 2.75) is 26.8 Å². The SMILES string of the molecule is Cc1csc(-c2cnc3c(c2)N(Cc2cc(C)on2)C(=O)C3)c1. The zero-order chi connectivity index (χ0) is 16.0. The summed E-state index contributed by atoms with van der Waals surface area (Å²) in [5, 5.41) is 6.10. The maximum atomic E-state index is 12.3. The fourth-order valence-corrected chi connectivity index (χ4v) is 3.65. The molecule has 4 heterocycles. The highest BCUT2D eigenvalue weighted by molar-refractivity contribution is 7.13. The summed E-state index contributed by atoms with van der Waals surface area (Å²) < 4.78 is 5.09. The minimum atomic E-state index is 0.0488. The summed E-state index contributed by atoms with van der Waals surface area (Å²) in [4.78, 5) is 19.7. The zero-order valence-corrected chi connectivity index (χ0v) is 13.7. The minimum Gasteiger partial charge on any atom is -0.361 e. The summed E-state index contributed by atoms with van der Waals surface area (Å²) in [6, 6.07) is 6.03. The van der Waals surface area contributed by atoms with E-state index in [9.17, 15) is 4.79 Å². The van der Waals surface area contributed by atoms with E-state index in [0.717, 1.165) is 33.3 Å². The number of rotatable bonds is 3. The van der Waals surface area contributed by atoms with E-state index >= 15 is 0 Å². The molecule has 3 aromatic heterocycles.